The number of carbonyl (C=O) groups excluding carboxylic acids is 1. The zero-order valence-corrected chi connectivity index (χ0v) is 12.5. The number of anilines is 1. The molecule has 0 spiro atoms. The number of ketones is 1. The minimum absolute atomic E-state index is 0.209. The van der Waals surface area contributed by atoms with Crippen molar-refractivity contribution in [3.05, 3.63) is 51.0 Å². The van der Waals surface area contributed by atoms with Crippen LogP contribution in [0.25, 0.3) is 11.0 Å². The van der Waals surface area contributed by atoms with Gasteiger partial charge in [-0.2, -0.15) is 14.6 Å². The number of hydrogen-bond acceptors (Lipinski definition) is 7. The van der Waals surface area contributed by atoms with Crippen LogP contribution in [-0.4, -0.2) is 27.0 Å². The summed E-state index contributed by atoms with van der Waals surface area (Å²) >= 11 is 1.23. The Morgan fingerprint density at radius 1 is 1.41 bits per heavy atom. The van der Waals surface area contributed by atoms with Gasteiger partial charge >= 0.3 is 0 Å². The Labute approximate surface area is 129 Å². The highest BCUT2D eigenvalue weighted by molar-refractivity contribution is 7.14. The molecule has 112 valence electrons. The zero-order chi connectivity index (χ0) is 15.7. The summed E-state index contributed by atoms with van der Waals surface area (Å²) in [5.74, 6) is 0.231. The summed E-state index contributed by atoms with van der Waals surface area (Å²) < 4.78 is 6.67. The van der Waals surface area contributed by atoms with Gasteiger partial charge in [-0.1, -0.05) is 17.4 Å². The molecule has 0 atom stereocenters. The van der Waals surface area contributed by atoms with Crippen LogP contribution < -0.4 is 11.3 Å². The Kier molecular flexibility index (Phi) is 3.60. The molecule has 1 aliphatic rings. The van der Waals surface area contributed by atoms with E-state index in [2.05, 4.69) is 10.1 Å². The highest BCUT2D eigenvalue weighted by Gasteiger charge is 2.15. The Bertz CT molecular complexity index is 904. The van der Waals surface area contributed by atoms with Crippen molar-refractivity contribution < 1.29 is 9.53 Å². The number of carbonyl (C=O) groups is 1. The first-order chi connectivity index (χ1) is 10.6. The molecule has 8 heteroatoms. The highest BCUT2D eigenvalue weighted by Crippen LogP contribution is 2.19. The second kappa shape index (κ2) is 5.57. The number of nitrogens with zero attached hydrogens (tertiary/aromatic N) is 3. The second-order valence-corrected chi connectivity index (χ2v) is 5.24. The summed E-state index contributed by atoms with van der Waals surface area (Å²) in [5.41, 5.74) is 7.95. The summed E-state index contributed by atoms with van der Waals surface area (Å²) in [4.78, 5) is 28.1. The second-order valence-electron chi connectivity index (χ2n) is 4.43. The molecule has 1 aliphatic carbocycles. The van der Waals surface area contributed by atoms with Gasteiger partial charge in [0.2, 0.25) is 10.7 Å². The van der Waals surface area contributed by atoms with Crippen LogP contribution in [0.3, 0.4) is 0 Å². The summed E-state index contributed by atoms with van der Waals surface area (Å²) in [6.45, 7) is 2.18. The topological polar surface area (TPSA) is 99.6 Å². The first-order valence-corrected chi connectivity index (χ1v) is 7.38. The van der Waals surface area contributed by atoms with Gasteiger partial charge in [0.1, 0.15) is 11.3 Å². The van der Waals surface area contributed by atoms with Crippen molar-refractivity contribution in [1.82, 2.24) is 14.6 Å². The predicted octanol–water partition coefficient (Wildman–Crippen LogP) is 1.18. The van der Waals surface area contributed by atoms with Crippen molar-refractivity contribution >= 4 is 34.0 Å². The van der Waals surface area contributed by atoms with Gasteiger partial charge in [-0.15, -0.1) is 0 Å². The molecule has 7 nitrogen and oxygen atoms in total. The number of rotatable bonds is 3. The van der Waals surface area contributed by atoms with Crippen LogP contribution >= 0.6 is 11.3 Å². The molecule has 0 amide bonds. The van der Waals surface area contributed by atoms with E-state index < -0.39 is 5.56 Å². The SMILES string of the molecule is CCOC1=C/C(=C\c2c(N)n3ncsc3nc2=O)C=CC1=O. The van der Waals surface area contributed by atoms with Gasteiger partial charge in [0, 0.05) is 0 Å². The maximum Gasteiger partial charge on any atom is 0.283 e. The van der Waals surface area contributed by atoms with Gasteiger partial charge in [-0.25, -0.2) is 0 Å². The molecule has 2 N–H and O–H groups in total. The van der Waals surface area contributed by atoms with Gasteiger partial charge in [0.05, 0.1) is 12.2 Å². The lowest BCUT2D eigenvalue weighted by Crippen LogP contribution is -2.17. The van der Waals surface area contributed by atoms with Gasteiger partial charge in [0.15, 0.2) is 5.76 Å². The lowest BCUT2D eigenvalue weighted by Gasteiger charge is -2.10. The van der Waals surface area contributed by atoms with Gasteiger partial charge < -0.3 is 10.5 Å². The predicted molar refractivity (Wildman–Crippen MR) is 83.4 cm³/mol. The average molecular weight is 316 g/mol. The van der Waals surface area contributed by atoms with Crippen LogP contribution in [0, 0.1) is 0 Å². The van der Waals surface area contributed by atoms with Gasteiger partial charge in [0.25, 0.3) is 5.56 Å². The molecule has 0 radical (unpaired) electrons. The first-order valence-electron chi connectivity index (χ1n) is 6.50. The van der Waals surface area contributed by atoms with Crippen LogP contribution in [0.5, 0.6) is 0 Å². The summed E-state index contributed by atoms with van der Waals surface area (Å²) in [6.07, 6.45) is 6.12. The fraction of sp³-hybridized carbons (Fsp3) is 0.143. The third kappa shape index (κ3) is 2.44. The zero-order valence-electron chi connectivity index (χ0n) is 11.6. The van der Waals surface area contributed by atoms with E-state index in [0.29, 0.717) is 17.1 Å². The number of aromatic nitrogens is 3. The number of nitrogens with two attached hydrogens (primary N) is 1. The van der Waals surface area contributed by atoms with Crippen molar-refractivity contribution in [2.75, 3.05) is 12.3 Å². The fourth-order valence-electron chi connectivity index (χ4n) is 2.01. The van der Waals surface area contributed by atoms with Crippen molar-refractivity contribution in [2.45, 2.75) is 6.92 Å². The average Bonchev–Trinajstić information content (AvgIpc) is 2.95. The standard InChI is InChI=1S/C14H12N4O3S/c1-2-21-11-6-8(3-4-10(11)19)5-9-12(15)18-14(17-13(9)20)22-7-16-18/h3-7H,2,15H2,1H3/b8-5-. The first kappa shape index (κ1) is 14.2. The molecule has 0 aliphatic heterocycles. The molecule has 0 bridgehead atoms. The minimum Gasteiger partial charge on any atom is -0.490 e. The summed E-state index contributed by atoms with van der Waals surface area (Å²) in [5, 5.41) is 4.04. The molecule has 0 fully saturated rings. The van der Waals surface area contributed by atoms with E-state index in [1.54, 1.807) is 30.7 Å². The Morgan fingerprint density at radius 2 is 2.23 bits per heavy atom. The fourth-order valence-corrected chi connectivity index (χ4v) is 2.63. The molecule has 0 aromatic carbocycles. The van der Waals surface area contributed by atoms with Crippen LogP contribution in [0.1, 0.15) is 12.5 Å². The Morgan fingerprint density at radius 3 is 3.00 bits per heavy atom. The quantitative estimate of drug-likeness (QED) is 0.912. The molecular weight excluding hydrogens is 304 g/mol. The molecule has 3 rings (SSSR count). The monoisotopic (exact) mass is 316 g/mol. The van der Waals surface area contributed by atoms with E-state index >= 15 is 0 Å². The Balaban J connectivity index is 2.11. The van der Waals surface area contributed by atoms with E-state index in [1.165, 1.54) is 21.9 Å². The molecule has 0 saturated carbocycles. The number of fused-ring (bicyclic) bond motifs is 1. The van der Waals surface area contributed by atoms with Crippen molar-refractivity contribution in [3.8, 4) is 0 Å². The van der Waals surface area contributed by atoms with Crippen molar-refractivity contribution in [1.29, 1.82) is 0 Å². The van der Waals surface area contributed by atoms with Crippen LogP contribution in [0.2, 0.25) is 0 Å². The molecular formula is C14H12N4O3S. The molecule has 2 heterocycles. The number of nitrogen functional groups attached to an aromatic ring is 1. The third-order valence-corrected chi connectivity index (χ3v) is 3.69. The molecule has 2 aromatic rings. The van der Waals surface area contributed by atoms with Gasteiger partial charge in [-0.3, -0.25) is 9.59 Å². The highest BCUT2D eigenvalue weighted by atomic mass is 32.1. The van der Waals surface area contributed by atoms with E-state index in [1.807, 2.05) is 0 Å². The summed E-state index contributed by atoms with van der Waals surface area (Å²) in [6, 6.07) is 0. The van der Waals surface area contributed by atoms with Crippen molar-refractivity contribution in [3.63, 3.8) is 0 Å². The molecule has 22 heavy (non-hydrogen) atoms. The third-order valence-electron chi connectivity index (χ3n) is 3.01. The molecule has 0 saturated heterocycles. The van der Waals surface area contributed by atoms with Crippen LogP contribution in [0.15, 0.2) is 39.9 Å². The maximum atomic E-state index is 12.1. The maximum absolute atomic E-state index is 12.1. The smallest absolute Gasteiger partial charge is 0.283 e. The minimum atomic E-state index is -0.439. The van der Waals surface area contributed by atoms with E-state index in [0.717, 1.165) is 0 Å². The van der Waals surface area contributed by atoms with Crippen LogP contribution in [0.4, 0.5) is 5.82 Å². The van der Waals surface area contributed by atoms with E-state index in [-0.39, 0.29) is 22.9 Å². The lowest BCUT2D eigenvalue weighted by molar-refractivity contribution is -0.114. The van der Waals surface area contributed by atoms with Gasteiger partial charge in [-0.05, 0) is 30.7 Å². The number of allylic oxidation sites excluding steroid dienone is 4. The number of hydrogen-bond donors (Lipinski definition) is 1. The number of ether oxygens (including phenoxy) is 1. The van der Waals surface area contributed by atoms with E-state index in [9.17, 15) is 9.59 Å². The molecule has 2 aromatic heterocycles. The summed E-state index contributed by atoms with van der Waals surface area (Å²) in [7, 11) is 0. The van der Waals surface area contributed by atoms with E-state index in [4.69, 9.17) is 10.5 Å². The molecule has 0 unspecified atom stereocenters. The largest absolute Gasteiger partial charge is 0.490 e. The Hall–Kier alpha value is -2.74. The van der Waals surface area contributed by atoms with Crippen molar-refractivity contribution in [2.24, 2.45) is 0 Å². The normalized spacial score (nSPS) is 16.3. The lowest BCUT2D eigenvalue weighted by atomic mass is 10.0. The van der Waals surface area contributed by atoms with Crippen LogP contribution in [-0.2, 0) is 9.53 Å².